The molecule has 36 heavy (non-hydrogen) atoms. The third-order valence-electron chi connectivity index (χ3n) is 6.06. The zero-order valence-electron chi connectivity index (χ0n) is 22.6. The van der Waals surface area contributed by atoms with Crippen molar-refractivity contribution in [3.8, 4) is 11.5 Å². The summed E-state index contributed by atoms with van der Waals surface area (Å²) in [6.45, 7) is 13.3. The Morgan fingerprint density at radius 2 is 0.944 bits per heavy atom. The van der Waals surface area contributed by atoms with Crippen LogP contribution in [0.2, 0.25) is 0 Å². The van der Waals surface area contributed by atoms with Crippen molar-refractivity contribution in [2.75, 3.05) is 13.2 Å². The molecule has 6 heteroatoms. The molecule has 0 saturated carbocycles. The van der Waals surface area contributed by atoms with Gasteiger partial charge in [0.25, 0.3) is 0 Å². The number of hydrogen-bond donors (Lipinski definition) is 0. The van der Waals surface area contributed by atoms with Gasteiger partial charge in [-0.3, -0.25) is 0 Å². The van der Waals surface area contributed by atoms with Crippen LogP contribution >= 0.6 is 0 Å². The molecule has 6 nitrogen and oxygen atoms in total. The minimum absolute atomic E-state index is 0.415. The molecule has 0 aliphatic rings. The Kier molecular flexibility index (Phi) is 12.3. The van der Waals surface area contributed by atoms with Crippen LogP contribution < -0.4 is 9.47 Å². The Bertz CT molecular complexity index is 844. The van der Waals surface area contributed by atoms with Crippen LogP contribution in [-0.2, 0) is 9.47 Å². The Balaban J connectivity index is 1.81. The van der Waals surface area contributed by atoms with Crippen LogP contribution in [0.5, 0.6) is 11.5 Å². The van der Waals surface area contributed by atoms with Gasteiger partial charge in [0.2, 0.25) is 0 Å². The Labute approximate surface area is 216 Å². The van der Waals surface area contributed by atoms with Gasteiger partial charge in [-0.1, -0.05) is 40.5 Å². The van der Waals surface area contributed by atoms with Gasteiger partial charge < -0.3 is 18.9 Å². The van der Waals surface area contributed by atoms with E-state index < -0.39 is 24.1 Å². The Morgan fingerprint density at radius 1 is 0.611 bits per heavy atom. The van der Waals surface area contributed by atoms with E-state index in [1.54, 1.807) is 62.4 Å². The zero-order valence-corrected chi connectivity index (χ0v) is 22.6. The Hall–Kier alpha value is -3.02. The van der Waals surface area contributed by atoms with Gasteiger partial charge in [0.15, 0.2) is 0 Å². The highest BCUT2D eigenvalue weighted by atomic mass is 16.6. The van der Waals surface area contributed by atoms with Gasteiger partial charge in [-0.05, 0) is 87.1 Å². The first-order valence-corrected chi connectivity index (χ1v) is 13.1. The molecule has 0 radical (unpaired) electrons. The summed E-state index contributed by atoms with van der Waals surface area (Å²) in [5.41, 5.74) is 0.830. The molecule has 0 aliphatic heterocycles. The van der Waals surface area contributed by atoms with E-state index in [1.165, 1.54) is 0 Å². The van der Waals surface area contributed by atoms with E-state index in [9.17, 15) is 9.59 Å². The van der Waals surface area contributed by atoms with E-state index in [0.29, 0.717) is 36.2 Å². The summed E-state index contributed by atoms with van der Waals surface area (Å²) in [5.74, 6) is 1.45. The van der Waals surface area contributed by atoms with Gasteiger partial charge in [-0.2, -0.15) is 0 Å². The second-order valence-corrected chi connectivity index (χ2v) is 9.68. The van der Waals surface area contributed by atoms with Gasteiger partial charge in [0.05, 0.1) is 24.3 Å². The first-order valence-electron chi connectivity index (χ1n) is 13.1. The highest BCUT2D eigenvalue weighted by Gasteiger charge is 2.22. The highest BCUT2D eigenvalue weighted by molar-refractivity contribution is 5.90. The lowest BCUT2D eigenvalue weighted by Gasteiger charge is -2.21. The summed E-state index contributed by atoms with van der Waals surface area (Å²) in [6, 6.07) is 13.8. The SMILES string of the molecule is CCC[C@@H](C)COc1ccc(C(=O)OC(C)C(C)OC(=O)c2ccc(OC[C@H](C)CCC)cc2)cc1. The predicted molar refractivity (Wildman–Crippen MR) is 142 cm³/mol. The number of carbonyl (C=O) groups is 2. The monoisotopic (exact) mass is 498 g/mol. The van der Waals surface area contributed by atoms with Crippen LogP contribution in [0.3, 0.4) is 0 Å². The first kappa shape index (κ1) is 29.2. The maximum Gasteiger partial charge on any atom is 0.338 e. The fourth-order valence-electron chi connectivity index (χ4n) is 3.67. The molecule has 0 amide bonds. The average molecular weight is 499 g/mol. The number of hydrogen-bond acceptors (Lipinski definition) is 6. The average Bonchev–Trinajstić information content (AvgIpc) is 2.87. The standard InChI is InChI=1S/C30H42O6/c1-7-9-21(3)19-33-27-15-11-25(12-16-27)29(31)35-23(5)24(6)36-30(32)26-13-17-28(18-14-26)34-20-22(4)10-8-2/h11-18,21-24H,7-10,19-20H2,1-6H3/t21-,22-,23?,24?/m1/s1. The topological polar surface area (TPSA) is 71.1 Å². The van der Waals surface area contributed by atoms with Crippen LogP contribution in [-0.4, -0.2) is 37.4 Å². The van der Waals surface area contributed by atoms with Crippen LogP contribution in [0, 0.1) is 11.8 Å². The summed E-state index contributed by atoms with van der Waals surface area (Å²) in [6.07, 6.45) is 3.25. The van der Waals surface area contributed by atoms with E-state index in [1.807, 2.05) is 0 Å². The summed E-state index contributed by atoms with van der Waals surface area (Å²) in [7, 11) is 0. The maximum atomic E-state index is 12.5. The molecule has 0 heterocycles. The number of ether oxygens (including phenoxy) is 4. The third kappa shape index (κ3) is 9.92. The van der Waals surface area contributed by atoms with Crippen LogP contribution in [0.15, 0.2) is 48.5 Å². The molecule has 0 N–H and O–H groups in total. The lowest BCUT2D eigenvalue weighted by molar-refractivity contribution is -0.0239. The molecular weight excluding hydrogens is 456 g/mol. The number of carbonyl (C=O) groups excluding carboxylic acids is 2. The van der Waals surface area contributed by atoms with Crippen molar-refractivity contribution in [3.05, 3.63) is 59.7 Å². The molecule has 2 rings (SSSR count). The number of rotatable bonds is 15. The van der Waals surface area contributed by atoms with Crippen LogP contribution in [0.25, 0.3) is 0 Å². The molecule has 0 bridgehead atoms. The van der Waals surface area contributed by atoms with E-state index >= 15 is 0 Å². The lowest BCUT2D eigenvalue weighted by Crippen LogP contribution is -2.30. The molecule has 0 fully saturated rings. The molecule has 198 valence electrons. The van der Waals surface area contributed by atoms with Gasteiger partial charge in [-0.25, -0.2) is 9.59 Å². The molecule has 2 aromatic carbocycles. The minimum atomic E-state index is -0.616. The predicted octanol–water partition coefficient (Wildman–Crippen LogP) is 7.11. The van der Waals surface area contributed by atoms with Crippen molar-refractivity contribution in [3.63, 3.8) is 0 Å². The quantitative estimate of drug-likeness (QED) is 0.244. The van der Waals surface area contributed by atoms with Crippen molar-refractivity contribution >= 4 is 11.9 Å². The smallest absolute Gasteiger partial charge is 0.338 e. The van der Waals surface area contributed by atoms with E-state index in [4.69, 9.17) is 18.9 Å². The molecule has 0 aromatic heterocycles. The molecule has 2 unspecified atom stereocenters. The van der Waals surface area contributed by atoms with Crippen molar-refractivity contribution in [2.45, 2.75) is 79.4 Å². The summed E-state index contributed by atoms with van der Waals surface area (Å²) >= 11 is 0. The van der Waals surface area contributed by atoms with Crippen LogP contribution in [0.1, 0.15) is 87.9 Å². The van der Waals surface area contributed by atoms with E-state index in [2.05, 4.69) is 27.7 Å². The number of benzene rings is 2. The summed E-state index contributed by atoms with van der Waals surface area (Å²) < 4.78 is 22.6. The van der Waals surface area contributed by atoms with Crippen LogP contribution in [0.4, 0.5) is 0 Å². The molecule has 0 saturated heterocycles. The Morgan fingerprint density at radius 3 is 1.25 bits per heavy atom. The van der Waals surface area contributed by atoms with Gasteiger partial charge in [-0.15, -0.1) is 0 Å². The zero-order chi connectivity index (χ0) is 26.5. The van der Waals surface area contributed by atoms with Crippen molar-refractivity contribution in [1.29, 1.82) is 0 Å². The number of esters is 2. The lowest BCUT2D eigenvalue weighted by atomic mass is 10.1. The first-order chi connectivity index (χ1) is 17.2. The van der Waals surface area contributed by atoms with Gasteiger partial charge >= 0.3 is 11.9 Å². The maximum absolute atomic E-state index is 12.5. The fraction of sp³-hybridized carbons (Fsp3) is 0.533. The normalized spacial score (nSPS) is 14.3. The van der Waals surface area contributed by atoms with Crippen molar-refractivity contribution < 1.29 is 28.5 Å². The molecular formula is C30H42O6. The summed E-state index contributed by atoms with van der Waals surface area (Å²) in [4.78, 5) is 25.1. The van der Waals surface area contributed by atoms with Gasteiger partial charge in [0.1, 0.15) is 23.7 Å². The summed E-state index contributed by atoms with van der Waals surface area (Å²) in [5, 5.41) is 0. The fourth-order valence-corrected chi connectivity index (χ4v) is 3.67. The van der Waals surface area contributed by atoms with Crippen molar-refractivity contribution in [2.24, 2.45) is 11.8 Å². The second-order valence-electron chi connectivity index (χ2n) is 9.68. The highest BCUT2D eigenvalue weighted by Crippen LogP contribution is 2.18. The minimum Gasteiger partial charge on any atom is -0.493 e. The molecule has 0 aliphatic carbocycles. The second kappa shape index (κ2) is 15.2. The molecule has 4 atom stereocenters. The molecule has 2 aromatic rings. The van der Waals surface area contributed by atoms with Gasteiger partial charge in [0, 0.05) is 0 Å². The third-order valence-corrected chi connectivity index (χ3v) is 6.06. The van der Waals surface area contributed by atoms with Crippen molar-refractivity contribution in [1.82, 2.24) is 0 Å². The largest absolute Gasteiger partial charge is 0.493 e. The van der Waals surface area contributed by atoms with E-state index in [0.717, 1.165) is 37.2 Å². The van der Waals surface area contributed by atoms with E-state index in [-0.39, 0.29) is 0 Å². The molecule has 0 spiro atoms.